The fourth-order valence-electron chi connectivity index (χ4n) is 4.84. The summed E-state index contributed by atoms with van der Waals surface area (Å²) >= 11 is 0. The number of hydrogen-bond donors (Lipinski definition) is 0. The minimum Gasteiger partial charge on any atom is -0.459 e. The van der Waals surface area contributed by atoms with E-state index in [-0.39, 0.29) is 22.3 Å². The van der Waals surface area contributed by atoms with Crippen LogP contribution in [-0.2, 0) is 38.0 Å². The summed E-state index contributed by atoms with van der Waals surface area (Å²) in [5, 5.41) is 0. The molecule has 13 heteroatoms. The quantitative estimate of drug-likeness (QED) is 0.120. The van der Waals surface area contributed by atoms with Gasteiger partial charge in [-0.2, -0.15) is 8.42 Å². The standard InChI is InChI=1S/C35H30O12S/c1-48(40,41)47-30-29(44-33(38)26-18-10-4-11-19-26)28(22-42-31(36)24-14-6-2-7-15-24)45-35(30,46-34(39)27-20-12-5-13-21-27)23-43-32(37)25-16-8-3-9-17-25/h2-21,28-30H,22-23H2,1H3/t28-,29-,30+,35?/m1/s1. The largest absolute Gasteiger partial charge is 0.459 e. The van der Waals surface area contributed by atoms with Crippen LogP contribution < -0.4 is 0 Å². The Balaban J connectivity index is 1.55. The van der Waals surface area contributed by atoms with Gasteiger partial charge < -0.3 is 23.7 Å². The SMILES string of the molecule is CS(=O)(=O)O[C@H]1[C@H](OC(=O)c2ccccc2)[C@@H](COC(=O)c2ccccc2)OC1(COC(=O)c1ccccc1)OC(=O)c1ccccc1. The topological polar surface area (TPSA) is 158 Å². The Morgan fingerprint density at radius 1 is 0.625 bits per heavy atom. The molecule has 0 aliphatic carbocycles. The Kier molecular flexibility index (Phi) is 10.6. The normalized spacial score (nSPS) is 20.3. The fraction of sp³-hybridized carbons (Fsp3) is 0.200. The van der Waals surface area contributed by atoms with Gasteiger partial charge in [-0.15, -0.1) is 0 Å². The first-order valence-electron chi connectivity index (χ1n) is 14.6. The summed E-state index contributed by atoms with van der Waals surface area (Å²) in [6, 6.07) is 31.2. The number of ether oxygens (including phenoxy) is 5. The van der Waals surface area contributed by atoms with Crippen LogP contribution >= 0.6 is 0 Å². The molecule has 0 spiro atoms. The van der Waals surface area contributed by atoms with Gasteiger partial charge in [0.25, 0.3) is 15.9 Å². The lowest BCUT2D eigenvalue weighted by atomic mass is 10.0. The molecule has 5 rings (SSSR count). The third kappa shape index (κ3) is 8.50. The summed E-state index contributed by atoms with van der Waals surface area (Å²) in [5.41, 5.74) is 0.437. The minimum atomic E-state index is -4.41. The van der Waals surface area contributed by atoms with E-state index in [0.29, 0.717) is 0 Å². The second kappa shape index (κ2) is 15.0. The van der Waals surface area contributed by atoms with Crippen LogP contribution in [0.4, 0.5) is 0 Å². The first kappa shape index (κ1) is 34.0. The van der Waals surface area contributed by atoms with Gasteiger partial charge in [0.05, 0.1) is 28.5 Å². The summed E-state index contributed by atoms with van der Waals surface area (Å²) in [4.78, 5) is 52.8. The van der Waals surface area contributed by atoms with E-state index in [1.54, 1.807) is 72.8 Å². The van der Waals surface area contributed by atoms with E-state index in [4.69, 9.17) is 27.9 Å². The van der Waals surface area contributed by atoms with Crippen molar-refractivity contribution in [3.63, 3.8) is 0 Å². The fourth-order valence-corrected chi connectivity index (χ4v) is 5.47. The second-order valence-electron chi connectivity index (χ2n) is 10.6. The van der Waals surface area contributed by atoms with Crippen LogP contribution in [0.2, 0.25) is 0 Å². The first-order valence-corrected chi connectivity index (χ1v) is 16.4. The van der Waals surface area contributed by atoms with Crippen LogP contribution in [0.3, 0.4) is 0 Å². The molecular weight excluding hydrogens is 644 g/mol. The maximum absolute atomic E-state index is 13.5. The van der Waals surface area contributed by atoms with Crippen molar-refractivity contribution < 1.29 is 55.5 Å². The van der Waals surface area contributed by atoms with Crippen LogP contribution in [0.25, 0.3) is 0 Å². The van der Waals surface area contributed by atoms with Gasteiger partial charge in [0.2, 0.25) is 0 Å². The third-order valence-corrected chi connectivity index (χ3v) is 7.61. The van der Waals surface area contributed by atoms with Gasteiger partial charge in [0.1, 0.15) is 12.7 Å². The molecule has 4 aromatic carbocycles. The molecule has 0 bridgehead atoms. The molecule has 0 amide bonds. The van der Waals surface area contributed by atoms with E-state index in [1.807, 2.05) is 0 Å². The third-order valence-electron chi connectivity index (χ3n) is 7.06. The molecule has 1 aliphatic heterocycles. The highest BCUT2D eigenvalue weighted by molar-refractivity contribution is 7.86. The Morgan fingerprint density at radius 3 is 1.50 bits per heavy atom. The Bertz CT molecular complexity index is 1830. The van der Waals surface area contributed by atoms with Crippen LogP contribution in [0, 0.1) is 0 Å². The molecular formula is C35H30O12S. The molecule has 0 saturated carbocycles. The molecule has 48 heavy (non-hydrogen) atoms. The number of carbonyl (C=O) groups excluding carboxylic acids is 4. The Morgan fingerprint density at radius 2 is 1.04 bits per heavy atom. The van der Waals surface area contributed by atoms with E-state index >= 15 is 0 Å². The smallest absolute Gasteiger partial charge is 0.340 e. The van der Waals surface area contributed by atoms with E-state index in [0.717, 1.165) is 6.26 Å². The van der Waals surface area contributed by atoms with Crippen molar-refractivity contribution in [1.29, 1.82) is 0 Å². The number of benzene rings is 4. The van der Waals surface area contributed by atoms with Crippen molar-refractivity contribution in [2.24, 2.45) is 0 Å². The average molecular weight is 675 g/mol. The zero-order valence-corrected chi connectivity index (χ0v) is 26.3. The highest BCUT2D eigenvalue weighted by Gasteiger charge is 2.63. The molecule has 248 valence electrons. The van der Waals surface area contributed by atoms with Crippen molar-refractivity contribution in [2.45, 2.75) is 24.1 Å². The van der Waals surface area contributed by atoms with Gasteiger partial charge in [-0.3, -0.25) is 4.18 Å². The summed E-state index contributed by atoms with van der Waals surface area (Å²) < 4.78 is 59.5. The lowest BCUT2D eigenvalue weighted by Gasteiger charge is -2.33. The van der Waals surface area contributed by atoms with E-state index < -0.39 is 71.3 Å². The van der Waals surface area contributed by atoms with Crippen molar-refractivity contribution in [2.75, 3.05) is 19.5 Å². The maximum atomic E-state index is 13.5. The molecule has 1 unspecified atom stereocenters. The van der Waals surface area contributed by atoms with Gasteiger partial charge in [-0.25, -0.2) is 19.2 Å². The van der Waals surface area contributed by atoms with Gasteiger partial charge >= 0.3 is 23.9 Å². The van der Waals surface area contributed by atoms with Crippen LogP contribution in [0.1, 0.15) is 41.4 Å². The zero-order chi connectivity index (χ0) is 34.1. The Labute approximate surface area is 276 Å². The number of hydrogen-bond acceptors (Lipinski definition) is 12. The molecule has 0 aromatic heterocycles. The lowest BCUT2D eigenvalue weighted by molar-refractivity contribution is -0.242. The maximum Gasteiger partial charge on any atom is 0.340 e. The first-order chi connectivity index (χ1) is 23.0. The molecule has 4 aromatic rings. The molecule has 0 N–H and O–H groups in total. The molecule has 0 radical (unpaired) electrons. The summed E-state index contributed by atoms with van der Waals surface area (Å²) in [5.74, 6) is -6.11. The highest BCUT2D eigenvalue weighted by atomic mass is 32.2. The van der Waals surface area contributed by atoms with Gasteiger partial charge in [0, 0.05) is 0 Å². The second-order valence-corrected chi connectivity index (χ2v) is 12.2. The van der Waals surface area contributed by atoms with E-state index in [9.17, 15) is 27.6 Å². The number of rotatable bonds is 12. The monoisotopic (exact) mass is 674 g/mol. The van der Waals surface area contributed by atoms with Crippen LogP contribution in [0.5, 0.6) is 0 Å². The molecule has 4 atom stereocenters. The Hall–Kier alpha value is -5.37. The molecule has 1 fully saturated rings. The van der Waals surface area contributed by atoms with Crippen LogP contribution in [-0.4, -0.2) is 75.9 Å². The average Bonchev–Trinajstić information content (AvgIpc) is 3.37. The predicted octanol–water partition coefficient (Wildman–Crippen LogP) is 4.22. The lowest BCUT2D eigenvalue weighted by Crippen LogP contribution is -2.53. The molecule has 1 saturated heterocycles. The van der Waals surface area contributed by atoms with Gasteiger partial charge in [-0.1, -0.05) is 72.8 Å². The predicted molar refractivity (Wildman–Crippen MR) is 168 cm³/mol. The van der Waals surface area contributed by atoms with E-state index in [2.05, 4.69) is 0 Å². The van der Waals surface area contributed by atoms with E-state index in [1.165, 1.54) is 48.5 Å². The van der Waals surface area contributed by atoms with Crippen molar-refractivity contribution >= 4 is 34.0 Å². The van der Waals surface area contributed by atoms with Crippen molar-refractivity contribution in [1.82, 2.24) is 0 Å². The highest BCUT2D eigenvalue weighted by Crippen LogP contribution is 2.39. The summed E-state index contributed by atoms with van der Waals surface area (Å²) in [6.07, 6.45) is -4.39. The number of esters is 4. The summed E-state index contributed by atoms with van der Waals surface area (Å²) in [6.45, 7) is -1.54. The molecule has 1 heterocycles. The van der Waals surface area contributed by atoms with Crippen molar-refractivity contribution in [3.05, 3.63) is 144 Å². The number of carbonyl (C=O) groups is 4. The van der Waals surface area contributed by atoms with Crippen LogP contribution in [0.15, 0.2) is 121 Å². The molecule has 1 aliphatic rings. The van der Waals surface area contributed by atoms with Crippen molar-refractivity contribution in [3.8, 4) is 0 Å². The molecule has 12 nitrogen and oxygen atoms in total. The van der Waals surface area contributed by atoms with Gasteiger partial charge in [0.15, 0.2) is 18.8 Å². The summed E-state index contributed by atoms with van der Waals surface area (Å²) in [7, 11) is -4.41. The zero-order valence-electron chi connectivity index (χ0n) is 25.5. The minimum absolute atomic E-state index is 0.0322. The van der Waals surface area contributed by atoms with Gasteiger partial charge in [-0.05, 0) is 48.5 Å².